The first-order chi connectivity index (χ1) is 10.7. The van der Waals surface area contributed by atoms with Crippen molar-refractivity contribution in [2.24, 2.45) is 4.99 Å². The van der Waals surface area contributed by atoms with Gasteiger partial charge in [-0.3, -0.25) is 9.56 Å². The molecule has 0 fully saturated rings. The average molecular weight is 315 g/mol. The molecule has 0 aliphatic carbocycles. The van der Waals surface area contributed by atoms with Crippen LogP contribution in [0.2, 0.25) is 5.02 Å². The van der Waals surface area contributed by atoms with E-state index in [1.54, 1.807) is 0 Å². The standard InChI is InChI=1S/C17H13ClN4/c1-11-20-21-16-10-19-17(12-5-3-2-4-6-12)14-9-13(18)7-8-15(14)22(11)16/h2-9H,10H2,1H3/i2+1,3+1,4+1,5+1,6+1,12+1. The molecule has 0 bridgehead atoms. The van der Waals surface area contributed by atoms with Crippen molar-refractivity contribution in [1.29, 1.82) is 0 Å². The minimum atomic E-state index is 0.497. The summed E-state index contributed by atoms with van der Waals surface area (Å²) in [6.07, 6.45) is 0. The third kappa shape index (κ3) is 2.04. The van der Waals surface area contributed by atoms with E-state index in [0.717, 1.165) is 34.2 Å². The molecule has 0 radical (unpaired) electrons. The predicted octanol–water partition coefficient (Wildman–Crippen LogP) is 3.58. The van der Waals surface area contributed by atoms with E-state index >= 15 is 0 Å². The minimum Gasteiger partial charge on any atom is -0.281 e. The lowest BCUT2D eigenvalue weighted by Gasteiger charge is -2.12. The van der Waals surface area contributed by atoms with Gasteiger partial charge in [0.15, 0.2) is 5.82 Å². The number of hydrogen-bond donors (Lipinski definition) is 0. The second kappa shape index (κ2) is 5.07. The summed E-state index contributed by atoms with van der Waals surface area (Å²) in [5, 5.41) is 9.10. The van der Waals surface area contributed by atoms with Crippen LogP contribution in [0.15, 0.2) is 53.5 Å². The van der Waals surface area contributed by atoms with Crippen LogP contribution in [-0.2, 0) is 6.54 Å². The third-order valence-corrected chi connectivity index (χ3v) is 4.01. The first-order valence-electron chi connectivity index (χ1n) is 7.05. The number of hydrogen-bond acceptors (Lipinski definition) is 3. The number of rotatable bonds is 1. The molecule has 0 atom stereocenters. The van der Waals surface area contributed by atoms with Gasteiger partial charge >= 0.3 is 0 Å². The maximum absolute atomic E-state index is 6.23. The van der Waals surface area contributed by atoms with Crippen molar-refractivity contribution >= 4 is 17.3 Å². The number of nitrogens with zero attached hydrogens (tertiary/aromatic N) is 4. The average Bonchev–Trinajstić information content (AvgIpc) is 2.82. The number of benzene rings is 2. The van der Waals surface area contributed by atoms with Gasteiger partial charge in [-0.25, -0.2) is 0 Å². The highest BCUT2D eigenvalue weighted by molar-refractivity contribution is 6.31. The second-order valence-electron chi connectivity index (χ2n) is 5.19. The SMILES string of the molecule is Cc1nnc2n1-c1ccc(Cl)cc1C([13c]1[13cH][13cH][13cH][13cH][13cH]1)=NC2. The predicted molar refractivity (Wildman–Crippen MR) is 86.9 cm³/mol. The lowest BCUT2D eigenvalue weighted by molar-refractivity contribution is 0.862. The van der Waals surface area contributed by atoms with Gasteiger partial charge in [-0.1, -0.05) is 41.9 Å². The molecule has 5 heteroatoms. The molecular weight excluding hydrogens is 302 g/mol. The molecule has 3 aromatic rings. The molecule has 0 N–H and O–H groups in total. The Bertz CT molecular complexity index is 881. The maximum atomic E-state index is 6.23. The van der Waals surface area contributed by atoms with Crippen molar-refractivity contribution in [3.63, 3.8) is 0 Å². The zero-order valence-electron chi connectivity index (χ0n) is 12.0. The Hall–Kier alpha value is -2.46. The Kier molecular flexibility index (Phi) is 3.05. The Morgan fingerprint density at radius 3 is 2.68 bits per heavy atom. The second-order valence-corrected chi connectivity index (χ2v) is 5.63. The molecular formula is C17H13ClN4. The molecule has 1 aliphatic rings. The van der Waals surface area contributed by atoms with Gasteiger partial charge in [0.25, 0.3) is 0 Å². The van der Waals surface area contributed by atoms with E-state index in [4.69, 9.17) is 16.6 Å². The number of halogens is 1. The van der Waals surface area contributed by atoms with Crippen molar-refractivity contribution in [1.82, 2.24) is 14.8 Å². The van der Waals surface area contributed by atoms with E-state index in [1.165, 1.54) is 0 Å². The van der Waals surface area contributed by atoms with Crippen LogP contribution in [0.1, 0.15) is 22.8 Å². The Morgan fingerprint density at radius 1 is 1.05 bits per heavy atom. The highest BCUT2D eigenvalue weighted by Crippen LogP contribution is 2.27. The van der Waals surface area contributed by atoms with E-state index in [1.807, 2.05) is 47.9 Å². The quantitative estimate of drug-likeness (QED) is 0.689. The molecule has 2 aromatic carbocycles. The molecule has 0 amide bonds. The molecule has 1 aromatic heterocycles. The van der Waals surface area contributed by atoms with Gasteiger partial charge < -0.3 is 0 Å². The van der Waals surface area contributed by atoms with Gasteiger partial charge in [0, 0.05) is 16.1 Å². The summed E-state index contributed by atoms with van der Waals surface area (Å²) in [7, 11) is 0. The zero-order valence-corrected chi connectivity index (χ0v) is 12.7. The van der Waals surface area contributed by atoms with Crippen LogP contribution in [-0.4, -0.2) is 20.5 Å². The number of fused-ring (bicyclic) bond motifs is 3. The topological polar surface area (TPSA) is 43.1 Å². The van der Waals surface area contributed by atoms with E-state index in [-0.39, 0.29) is 0 Å². The van der Waals surface area contributed by atoms with Gasteiger partial charge in [0.05, 0.1) is 11.4 Å². The fourth-order valence-corrected chi connectivity index (χ4v) is 2.96. The van der Waals surface area contributed by atoms with Gasteiger partial charge in [-0.2, -0.15) is 0 Å². The first-order valence-corrected chi connectivity index (χ1v) is 7.43. The van der Waals surface area contributed by atoms with Gasteiger partial charge in [-0.15, -0.1) is 10.2 Å². The van der Waals surface area contributed by atoms with Crippen molar-refractivity contribution in [3.8, 4) is 5.69 Å². The van der Waals surface area contributed by atoms with Gasteiger partial charge in [0.1, 0.15) is 12.4 Å². The van der Waals surface area contributed by atoms with Gasteiger partial charge in [0.2, 0.25) is 0 Å². The summed E-state index contributed by atoms with van der Waals surface area (Å²) >= 11 is 6.23. The van der Waals surface area contributed by atoms with Crippen LogP contribution in [0.25, 0.3) is 5.69 Å². The van der Waals surface area contributed by atoms with Crippen molar-refractivity contribution < 1.29 is 0 Å². The largest absolute Gasteiger partial charge is 0.281 e. The fraction of sp³-hybridized carbons (Fsp3) is 0.118. The molecule has 0 saturated carbocycles. The summed E-state index contributed by atoms with van der Waals surface area (Å²) in [6.45, 7) is 2.44. The first kappa shape index (κ1) is 13.2. The minimum absolute atomic E-state index is 0.497. The highest BCUT2D eigenvalue weighted by Gasteiger charge is 2.21. The lowest BCUT2D eigenvalue weighted by atomic mass is 10.1. The maximum Gasteiger partial charge on any atom is 0.159 e. The van der Waals surface area contributed by atoms with E-state index in [9.17, 15) is 0 Å². The normalized spacial score (nSPS) is 13.1. The molecule has 4 nitrogen and oxygen atoms in total. The summed E-state index contributed by atoms with van der Waals surface area (Å²) < 4.78 is 2.05. The van der Waals surface area contributed by atoms with Crippen LogP contribution in [0.3, 0.4) is 0 Å². The molecule has 22 heavy (non-hydrogen) atoms. The van der Waals surface area contributed by atoms with Crippen LogP contribution >= 0.6 is 11.6 Å². The van der Waals surface area contributed by atoms with Crippen molar-refractivity contribution in [2.45, 2.75) is 13.5 Å². The lowest BCUT2D eigenvalue weighted by Crippen LogP contribution is -2.08. The number of aryl methyl sites for hydroxylation is 1. The zero-order chi connectivity index (χ0) is 15.1. The monoisotopic (exact) mass is 314 g/mol. The summed E-state index contributed by atoms with van der Waals surface area (Å²) in [5.74, 6) is 1.69. The van der Waals surface area contributed by atoms with Crippen molar-refractivity contribution in [2.75, 3.05) is 0 Å². The van der Waals surface area contributed by atoms with Gasteiger partial charge in [-0.05, 0) is 25.1 Å². The van der Waals surface area contributed by atoms with Crippen molar-refractivity contribution in [3.05, 3.63) is 76.3 Å². The van der Waals surface area contributed by atoms with Crippen LogP contribution in [0, 0.1) is 6.92 Å². The molecule has 4 rings (SSSR count). The molecule has 108 valence electrons. The Morgan fingerprint density at radius 2 is 1.86 bits per heavy atom. The number of aliphatic imine (C=N–C) groups is 1. The highest BCUT2D eigenvalue weighted by atomic mass is 35.5. The van der Waals surface area contributed by atoms with Crippen LogP contribution in [0.5, 0.6) is 0 Å². The molecule has 0 saturated heterocycles. The van der Waals surface area contributed by atoms with E-state index in [0.29, 0.717) is 11.6 Å². The van der Waals surface area contributed by atoms with E-state index < -0.39 is 0 Å². The molecule has 1 aliphatic heterocycles. The molecule has 0 unspecified atom stereocenters. The fourth-order valence-electron chi connectivity index (χ4n) is 2.79. The smallest absolute Gasteiger partial charge is 0.159 e. The van der Waals surface area contributed by atoms with Crippen LogP contribution in [0.4, 0.5) is 0 Å². The Balaban J connectivity index is 2.01. The molecule has 0 spiro atoms. The van der Waals surface area contributed by atoms with Crippen LogP contribution < -0.4 is 0 Å². The Labute approximate surface area is 133 Å². The summed E-state index contributed by atoms with van der Waals surface area (Å²) in [5.41, 5.74) is 4.02. The summed E-state index contributed by atoms with van der Waals surface area (Å²) in [4.78, 5) is 4.77. The third-order valence-electron chi connectivity index (χ3n) is 3.77. The molecule has 2 heterocycles. The number of aromatic nitrogens is 3. The van der Waals surface area contributed by atoms with E-state index in [2.05, 4.69) is 22.3 Å². The summed E-state index contributed by atoms with van der Waals surface area (Å²) in [6, 6.07) is 16.0.